The van der Waals surface area contributed by atoms with Gasteiger partial charge in [0.05, 0.1) is 27.7 Å². The first kappa shape index (κ1) is 20.6. The Morgan fingerprint density at radius 1 is 0.885 bits per heavy atom. The van der Waals surface area contributed by atoms with Gasteiger partial charge >= 0.3 is 0 Å². The van der Waals surface area contributed by atoms with Crippen molar-refractivity contribution < 1.29 is 14.3 Å². The standard InChI is InChI=1S/C17H14Cl4N2O3/c1-26-15-13(21)5-4-12(20)14(15)17(25)23-7-6-22-16(24)10-8-9(18)2-3-11(10)19/h2-5,8H,6-7H2,1H3,(H,22,24)(H,23,25). The molecule has 0 saturated carbocycles. The number of amides is 2. The van der Waals surface area contributed by atoms with Crippen LogP contribution in [0.4, 0.5) is 0 Å². The quantitative estimate of drug-likeness (QED) is 0.657. The Morgan fingerprint density at radius 3 is 2.12 bits per heavy atom. The van der Waals surface area contributed by atoms with Crippen molar-refractivity contribution in [1.82, 2.24) is 10.6 Å². The predicted molar refractivity (Wildman–Crippen MR) is 104 cm³/mol. The summed E-state index contributed by atoms with van der Waals surface area (Å²) in [5, 5.41) is 6.44. The van der Waals surface area contributed by atoms with E-state index in [9.17, 15) is 9.59 Å². The minimum absolute atomic E-state index is 0.130. The normalized spacial score (nSPS) is 10.3. The Balaban J connectivity index is 1.94. The van der Waals surface area contributed by atoms with Crippen molar-refractivity contribution in [3.8, 4) is 5.75 Å². The number of methoxy groups -OCH3 is 1. The van der Waals surface area contributed by atoms with Crippen LogP contribution < -0.4 is 15.4 Å². The summed E-state index contributed by atoms with van der Waals surface area (Å²) in [7, 11) is 1.39. The summed E-state index contributed by atoms with van der Waals surface area (Å²) in [4.78, 5) is 24.4. The van der Waals surface area contributed by atoms with Crippen LogP contribution >= 0.6 is 46.4 Å². The molecule has 0 unspecified atom stereocenters. The summed E-state index contributed by atoms with van der Waals surface area (Å²) in [6.07, 6.45) is 0. The van der Waals surface area contributed by atoms with Crippen molar-refractivity contribution >= 4 is 58.2 Å². The summed E-state index contributed by atoms with van der Waals surface area (Å²) in [6, 6.07) is 7.63. The number of rotatable bonds is 6. The molecule has 0 atom stereocenters. The monoisotopic (exact) mass is 434 g/mol. The highest BCUT2D eigenvalue weighted by Gasteiger charge is 2.19. The molecule has 9 heteroatoms. The van der Waals surface area contributed by atoms with E-state index >= 15 is 0 Å². The lowest BCUT2D eigenvalue weighted by molar-refractivity contribution is 0.0926. The molecule has 0 spiro atoms. The molecule has 0 fully saturated rings. The molecule has 2 N–H and O–H groups in total. The summed E-state index contributed by atoms with van der Waals surface area (Å²) >= 11 is 23.9. The molecule has 0 aliphatic carbocycles. The molecule has 5 nitrogen and oxygen atoms in total. The molecule has 0 aliphatic rings. The van der Waals surface area contributed by atoms with Crippen LogP contribution in [0.3, 0.4) is 0 Å². The lowest BCUT2D eigenvalue weighted by atomic mass is 10.2. The van der Waals surface area contributed by atoms with Gasteiger partial charge in [0.2, 0.25) is 0 Å². The third-order valence-corrected chi connectivity index (χ3v) is 4.54. The molecular weight excluding hydrogens is 422 g/mol. The molecule has 138 valence electrons. The van der Waals surface area contributed by atoms with Gasteiger partial charge in [0.1, 0.15) is 5.56 Å². The van der Waals surface area contributed by atoms with Crippen molar-refractivity contribution in [3.63, 3.8) is 0 Å². The lowest BCUT2D eigenvalue weighted by Gasteiger charge is -2.13. The van der Waals surface area contributed by atoms with E-state index in [2.05, 4.69) is 10.6 Å². The van der Waals surface area contributed by atoms with Gasteiger partial charge in [0.15, 0.2) is 5.75 Å². The summed E-state index contributed by atoms with van der Waals surface area (Å²) in [5.74, 6) is -0.680. The molecule has 2 aromatic carbocycles. The average Bonchev–Trinajstić information content (AvgIpc) is 2.61. The first-order valence-electron chi connectivity index (χ1n) is 7.38. The highest BCUT2D eigenvalue weighted by molar-refractivity contribution is 6.37. The fourth-order valence-corrected chi connectivity index (χ4v) is 3.00. The number of ether oxygens (including phenoxy) is 1. The number of hydrogen-bond acceptors (Lipinski definition) is 3. The maximum atomic E-state index is 12.3. The van der Waals surface area contributed by atoms with Gasteiger partial charge in [-0.25, -0.2) is 0 Å². The molecule has 26 heavy (non-hydrogen) atoms. The second kappa shape index (κ2) is 9.33. The third kappa shape index (κ3) is 4.95. The fraction of sp³-hybridized carbons (Fsp3) is 0.176. The summed E-state index contributed by atoms with van der Waals surface area (Å²) < 4.78 is 5.13. The fourth-order valence-electron chi connectivity index (χ4n) is 2.15. The molecule has 0 aromatic heterocycles. The molecular formula is C17H14Cl4N2O3. The molecule has 2 amide bonds. The highest BCUT2D eigenvalue weighted by Crippen LogP contribution is 2.33. The Labute approximate surface area is 170 Å². The predicted octanol–water partition coefficient (Wildman–Crippen LogP) is 4.47. The highest BCUT2D eigenvalue weighted by atomic mass is 35.5. The number of carbonyl (C=O) groups excluding carboxylic acids is 2. The van der Waals surface area contributed by atoms with E-state index in [1.807, 2.05) is 0 Å². The van der Waals surface area contributed by atoms with Gasteiger partial charge in [0, 0.05) is 18.1 Å². The zero-order chi connectivity index (χ0) is 19.3. The van der Waals surface area contributed by atoms with Crippen LogP contribution in [-0.4, -0.2) is 32.0 Å². The Bertz CT molecular complexity index is 843. The largest absolute Gasteiger partial charge is 0.494 e. The van der Waals surface area contributed by atoms with Crippen molar-refractivity contribution in [2.75, 3.05) is 20.2 Å². The molecule has 0 saturated heterocycles. The van der Waals surface area contributed by atoms with E-state index in [1.165, 1.54) is 31.4 Å². The Morgan fingerprint density at radius 2 is 1.46 bits per heavy atom. The molecule has 0 aliphatic heterocycles. The van der Waals surface area contributed by atoms with Gasteiger partial charge < -0.3 is 15.4 Å². The molecule has 0 radical (unpaired) electrons. The van der Waals surface area contributed by atoms with Gasteiger partial charge in [-0.2, -0.15) is 0 Å². The molecule has 0 bridgehead atoms. The zero-order valence-corrected chi connectivity index (χ0v) is 16.6. The van der Waals surface area contributed by atoms with Gasteiger partial charge in [-0.1, -0.05) is 46.4 Å². The third-order valence-electron chi connectivity index (χ3n) is 3.36. The van der Waals surface area contributed by atoms with E-state index in [0.29, 0.717) is 5.02 Å². The van der Waals surface area contributed by atoms with E-state index in [-0.39, 0.29) is 45.0 Å². The van der Waals surface area contributed by atoms with Gasteiger partial charge in [-0.15, -0.1) is 0 Å². The number of hydrogen-bond donors (Lipinski definition) is 2. The van der Waals surface area contributed by atoms with Crippen molar-refractivity contribution in [1.29, 1.82) is 0 Å². The van der Waals surface area contributed by atoms with E-state index in [4.69, 9.17) is 51.1 Å². The van der Waals surface area contributed by atoms with Crippen molar-refractivity contribution in [2.24, 2.45) is 0 Å². The van der Waals surface area contributed by atoms with Crippen LogP contribution in [0.1, 0.15) is 20.7 Å². The second-order valence-corrected chi connectivity index (χ2v) is 6.73. The zero-order valence-electron chi connectivity index (χ0n) is 13.5. The van der Waals surface area contributed by atoms with Crippen LogP contribution in [0.2, 0.25) is 20.1 Å². The van der Waals surface area contributed by atoms with Crippen LogP contribution in [0, 0.1) is 0 Å². The first-order chi connectivity index (χ1) is 12.3. The number of nitrogens with one attached hydrogen (secondary N) is 2. The van der Waals surface area contributed by atoms with Crippen LogP contribution in [0.25, 0.3) is 0 Å². The first-order valence-corrected chi connectivity index (χ1v) is 8.89. The maximum Gasteiger partial charge on any atom is 0.256 e. The summed E-state index contributed by atoms with van der Waals surface area (Å²) in [5.41, 5.74) is 0.385. The van der Waals surface area contributed by atoms with Crippen LogP contribution in [-0.2, 0) is 0 Å². The number of halogens is 4. The van der Waals surface area contributed by atoms with Crippen molar-refractivity contribution in [2.45, 2.75) is 0 Å². The summed E-state index contributed by atoms with van der Waals surface area (Å²) in [6.45, 7) is 0.336. The number of benzene rings is 2. The van der Waals surface area contributed by atoms with Crippen LogP contribution in [0.5, 0.6) is 5.75 Å². The van der Waals surface area contributed by atoms with E-state index < -0.39 is 11.8 Å². The second-order valence-electron chi connectivity index (χ2n) is 5.07. The lowest BCUT2D eigenvalue weighted by Crippen LogP contribution is -2.35. The SMILES string of the molecule is COc1c(Cl)ccc(Cl)c1C(=O)NCCNC(=O)c1cc(Cl)ccc1Cl. The Kier molecular flexibility index (Phi) is 7.41. The Hall–Kier alpha value is -1.66. The van der Waals surface area contributed by atoms with Gasteiger partial charge in [-0.3, -0.25) is 9.59 Å². The molecule has 2 rings (SSSR count). The van der Waals surface area contributed by atoms with E-state index in [0.717, 1.165) is 0 Å². The molecule has 2 aromatic rings. The van der Waals surface area contributed by atoms with Gasteiger partial charge in [-0.05, 0) is 30.3 Å². The minimum Gasteiger partial charge on any atom is -0.494 e. The smallest absolute Gasteiger partial charge is 0.256 e. The topological polar surface area (TPSA) is 67.4 Å². The van der Waals surface area contributed by atoms with Gasteiger partial charge in [0.25, 0.3) is 11.8 Å². The average molecular weight is 436 g/mol. The minimum atomic E-state index is -0.468. The van der Waals surface area contributed by atoms with Crippen LogP contribution in [0.15, 0.2) is 30.3 Å². The molecule has 0 heterocycles. The maximum absolute atomic E-state index is 12.3. The van der Waals surface area contributed by atoms with E-state index in [1.54, 1.807) is 6.07 Å². The number of carbonyl (C=O) groups is 2. The van der Waals surface area contributed by atoms with Crippen molar-refractivity contribution in [3.05, 3.63) is 61.5 Å².